The lowest BCUT2D eigenvalue weighted by molar-refractivity contribution is -0.125. The van der Waals surface area contributed by atoms with E-state index in [1.165, 1.54) is 0 Å². The zero-order chi connectivity index (χ0) is 17.5. The van der Waals surface area contributed by atoms with Gasteiger partial charge in [0.25, 0.3) is 5.91 Å². The van der Waals surface area contributed by atoms with Crippen LogP contribution in [0.4, 0.5) is 5.69 Å². The third-order valence-corrected chi connectivity index (χ3v) is 4.04. The molecule has 2 N–H and O–H groups in total. The molecule has 6 heteroatoms. The van der Waals surface area contributed by atoms with E-state index in [1.54, 1.807) is 6.07 Å². The first kappa shape index (κ1) is 18.0. The number of nitrogens with one attached hydrogen (secondary N) is 2. The van der Waals surface area contributed by atoms with Gasteiger partial charge in [-0.1, -0.05) is 30.3 Å². The molecule has 0 heterocycles. The molecule has 0 aromatic heterocycles. The predicted molar refractivity (Wildman–Crippen MR) is 97.2 cm³/mol. The summed E-state index contributed by atoms with van der Waals surface area (Å²) < 4.78 is 6.33. The lowest BCUT2D eigenvalue weighted by Crippen LogP contribution is -2.35. The van der Waals surface area contributed by atoms with E-state index in [9.17, 15) is 9.59 Å². The molecular formula is C18H19BrN2O3. The summed E-state index contributed by atoms with van der Waals surface area (Å²) in [5, 5.41) is 5.26. The molecule has 0 unspecified atom stereocenters. The van der Waals surface area contributed by atoms with Crippen molar-refractivity contribution in [3.63, 3.8) is 0 Å². The van der Waals surface area contributed by atoms with Crippen LogP contribution in [0.2, 0.25) is 0 Å². The third kappa shape index (κ3) is 5.09. The van der Waals surface area contributed by atoms with Crippen LogP contribution in [-0.2, 0) is 9.59 Å². The quantitative estimate of drug-likeness (QED) is 0.795. The van der Waals surface area contributed by atoms with Crippen LogP contribution in [0.3, 0.4) is 0 Å². The minimum absolute atomic E-state index is 0.115. The zero-order valence-corrected chi connectivity index (χ0v) is 15.1. The van der Waals surface area contributed by atoms with Gasteiger partial charge >= 0.3 is 0 Å². The van der Waals surface area contributed by atoms with Crippen LogP contribution in [0.25, 0.3) is 0 Å². The second-order valence-electron chi connectivity index (χ2n) is 5.31. The van der Waals surface area contributed by atoms with Crippen LogP contribution in [0, 0.1) is 13.8 Å². The summed E-state index contributed by atoms with van der Waals surface area (Å²) in [4.78, 5) is 23.7. The molecular weight excluding hydrogens is 372 g/mol. The second-order valence-corrected chi connectivity index (χ2v) is 6.17. The van der Waals surface area contributed by atoms with Gasteiger partial charge < -0.3 is 15.4 Å². The first-order chi connectivity index (χ1) is 11.5. The number of carbonyl (C=O) groups is 2. The van der Waals surface area contributed by atoms with Crippen LogP contribution < -0.4 is 15.4 Å². The number of aryl methyl sites for hydroxylation is 2. The fourth-order valence-corrected chi connectivity index (χ4v) is 2.54. The number of amides is 2. The molecule has 126 valence electrons. The Balaban J connectivity index is 1.79. The van der Waals surface area contributed by atoms with Crippen molar-refractivity contribution in [2.45, 2.75) is 13.8 Å². The minimum atomic E-state index is -0.347. The van der Waals surface area contributed by atoms with E-state index in [-0.39, 0.29) is 25.0 Å². The average molecular weight is 391 g/mol. The highest BCUT2D eigenvalue weighted by Crippen LogP contribution is 2.22. The molecule has 2 amide bonds. The fraction of sp³-hybridized carbons (Fsp3) is 0.222. The van der Waals surface area contributed by atoms with E-state index < -0.39 is 0 Å². The monoisotopic (exact) mass is 390 g/mol. The Kier molecular flexibility index (Phi) is 6.37. The van der Waals surface area contributed by atoms with Gasteiger partial charge in [0, 0.05) is 4.47 Å². The topological polar surface area (TPSA) is 67.4 Å². The van der Waals surface area contributed by atoms with Gasteiger partial charge in [-0.3, -0.25) is 9.59 Å². The summed E-state index contributed by atoms with van der Waals surface area (Å²) in [7, 11) is 0. The Morgan fingerprint density at radius 1 is 1.00 bits per heavy atom. The van der Waals surface area contributed by atoms with E-state index >= 15 is 0 Å². The zero-order valence-electron chi connectivity index (χ0n) is 13.6. The summed E-state index contributed by atoms with van der Waals surface area (Å²) in [6.07, 6.45) is 0. The molecule has 0 aliphatic carbocycles. The SMILES string of the molecule is Cc1cccc(C)c1OCC(=O)NCC(=O)Nc1ccccc1Br. The number of para-hydroxylation sites is 2. The van der Waals surface area contributed by atoms with E-state index in [0.717, 1.165) is 15.6 Å². The predicted octanol–water partition coefficient (Wildman–Crippen LogP) is 3.20. The number of carbonyl (C=O) groups excluding carboxylic acids is 2. The smallest absolute Gasteiger partial charge is 0.258 e. The van der Waals surface area contributed by atoms with Gasteiger partial charge in [0.15, 0.2) is 6.61 Å². The molecule has 2 aromatic rings. The van der Waals surface area contributed by atoms with Crippen molar-refractivity contribution in [2.24, 2.45) is 0 Å². The number of hydrogen-bond acceptors (Lipinski definition) is 3. The molecule has 0 bridgehead atoms. The largest absolute Gasteiger partial charge is 0.483 e. The maximum absolute atomic E-state index is 11.9. The summed E-state index contributed by atoms with van der Waals surface area (Å²) in [6, 6.07) is 13.0. The minimum Gasteiger partial charge on any atom is -0.483 e. The summed E-state index contributed by atoms with van der Waals surface area (Å²) in [5.74, 6) is 0.0487. The fourth-order valence-electron chi connectivity index (χ4n) is 2.15. The second kappa shape index (κ2) is 8.49. The van der Waals surface area contributed by atoms with Crippen molar-refractivity contribution < 1.29 is 14.3 Å². The maximum atomic E-state index is 11.9. The average Bonchev–Trinajstić information content (AvgIpc) is 2.54. The molecule has 0 saturated carbocycles. The molecule has 2 rings (SSSR count). The standard InChI is InChI=1S/C18H19BrN2O3/c1-12-6-5-7-13(2)18(12)24-11-17(23)20-10-16(22)21-15-9-4-3-8-14(15)19/h3-9H,10-11H2,1-2H3,(H,20,23)(H,21,22). The Labute approximate surface area is 149 Å². The normalized spacial score (nSPS) is 10.1. The van der Waals surface area contributed by atoms with E-state index in [2.05, 4.69) is 26.6 Å². The van der Waals surface area contributed by atoms with Crippen LogP contribution in [0.1, 0.15) is 11.1 Å². The van der Waals surface area contributed by atoms with Crippen LogP contribution >= 0.6 is 15.9 Å². The maximum Gasteiger partial charge on any atom is 0.258 e. The number of rotatable bonds is 6. The Morgan fingerprint density at radius 3 is 2.33 bits per heavy atom. The van der Waals surface area contributed by atoms with Crippen LogP contribution in [0.5, 0.6) is 5.75 Å². The molecule has 0 spiro atoms. The third-order valence-electron chi connectivity index (χ3n) is 3.35. The molecule has 24 heavy (non-hydrogen) atoms. The number of halogens is 1. The highest BCUT2D eigenvalue weighted by molar-refractivity contribution is 9.10. The Bertz CT molecular complexity index is 727. The van der Waals surface area contributed by atoms with E-state index in [4.69, 9.17) is 4.74 Å². The van der Waals surface area contributed by atoms with Crippen molar-refractivity contribution in [3.8, 4) is 5.75 Å². The summed E-state index contributed by atoms with van der Waals surface area (Å²) in [6.45, 7) is 3.60. The summed E-state index contributed by atoms with van der Waals surface area (Å²) in [5.41, 5.74) is 2.59. The van der Waals surface area contributed by atoms with Gasteiger partial charge in [0.05, 0.1) is 12.2 Å². The van der Waals surface area contributed by atoms with Gasteiger partial charge in [-0.05, 0) is 53.0 Å². The number of benzene rings is 2. The van der Waals surface area contributed by atoms with Gasteiger partial charge in [-0.2, -0.15) is 0 Å². The first-order valence-corrected chi connectivity index (χ1v) is 8.27. The highest BCUT2D eigenvalue weighted by Gasteiger charge is 2.10. The van der Waals surface area contributed by atoms with Gasteiger partial charge in [-0.25, -0.2) is 0 Å². The first-order valence-electron chi connectivity index (χ1n) is 7.47. The van der Waals surface area contributed by atoms with Crippen molar-refractivity contribution in [1.82, 2.24) is 5.32 Å². The number of anilines is 1. The molecule has 0 aliphatic heterocycles. The molecule has 0 atom stereocenters. The van der Waals surface area contributed by atoms with Crippen LogP contribution in [-0.4, -0.2) is 25.0 Å². The molecule has 0 fully saturated rings. The van der Waals surface area contributed by atoms with Gasteiger partial charge in [0.1, 0.15) is 5.75 Å². The van der Waals surface area contributed by atoms with Gasteiger partial charge in [0.2, 0.25) is 5.91 Å². The molecule has 0 radical (unpaired) electrons. The number of ether oxygens (including phenoxy) is 1. The summed E-state index contributed by atoms with van der Waals surface area (Å²) >= 11 is 3.35. The van der Waals surface area contributed by atoms with E-state index in [1.807, 2.05) is 50.2 Å². The Morgan fingerprint density at radius 2 is 1.67 bits per heavy atom. The highest BCUT2D eigenvalue weighted by atomic mass is 79.9. The van der Waals surface area contributed by atoms with Crippen molar-refractivity contribution in [2.75, 3.05) is 18.5 Å². The molecule has 5 nitrogen and oxygen atoms in total. The Hall–Kier alpha value is -2.34. The van der Waals surface area contributed by atoms with Gasteiger partial charge in [-0.15, -0.1) is 0 Å². The van der Waals surface area contributed by atoms with Crippen molar-refractivity contribution in [1.29, 1.82) is 0 Å². The molecule has 2 aromatic carbocycles. The molecule has 0 aliphatic rings. The number of hydrogen-bond donors (Lipinski definition) is 2. The molecule has 0 saturated heterocycles. The lowest BCUT2D eigenvalue weighted by Gasteiger charge is -2.12. The lowest BCUT2D eigenvalue weighted by atomic mass is 10.1. The van der Waals surface area contributed by atoms with E-state index in [0.29, 0.717) is 11.4 Å². The van der Waals surface area contributed by atoms with Crippen molar-refractivity contribution in [3.05, 3.63) is 58.1 Å². The van der Waals surface area contributed by atoms with Crippen LogP contribution in [0.15, 0.2) is 46.9 Å². The van der Waals surface area contributed by atoms with Crippen molar-refractivity contribution >= 4 is 33.4 Å².